The third kappa shape index (κ3) is 2.79. The van der Waals surface area contributed by atoms with E-state index in [-0.39, 0.29) is 0 Å². The zero-order valence-electron chi connectivity index (χ0n) is 11.9. The van der Waals surface area contributed by atoms with E-state index in [4.69, 9.17) is 16.0 Å². The van der Waals surface area contributed by atoms with E-state index in [2.05, 4.69) is 10.2 Å². The predicted molar refractivity (Wildman–Crippen MR) is 93.5 cm³/mol. The first-order valence-corrected chi connectivity index (χ1v) is 8.25. The lowest BCUT2D eigenvalue weighted by atomic mass is 10.2. The molecule has 0 saturated carbocycles. The molecule has 0 fully saturated rings. The molecule has 5 heteroatoms. The van der Waals surface area contributed by atoms with Crippen molar-refractivity contribution >= 4 is 22.9 Å². The third-order valence-corrected chi connectivity index (χ3v) is 4.72. The molecule has 0 amide bonds. The van der Waals surface area contributed by atoms with Crippen LogP contribution in [0.2, 0.25) is 5.02 Å². The molecule has 0 spiro atoms. The highest BCUT2D eigenvalue weighted by Crippen LogP contribution is 2.35. The highest BCUT2D eigenvalue weighted by Gasteiger charge is 2.14. The summed E-state index contributed by atoms with van der Waals surface area (Å²) in [7, 11) is 0. The fourth-order valence-corrected chi connectivity index (χ4v) is 3.32. The van der Waals surface area contributed by atoms with E-state index >= 15 is 0 Å². The van der Waals surface area contributed by atoms with Crippen LogP contribution in [0.15, 0.2) is 71.1 Å². The Morgan fingerprint density at radius 1 is 0.739 bits per heavy atom. The van der Waals surface area contributed by atoms with Crippen molar-refractivity contribution in [3.05, 3.63) is 71.8 Å². The van der Waals surface area contributed by atoms with Gasteiger partial charge >= 0.3 is 0 Å². The zero-order valence-corrected chi connectivity index (χ0v) is 13.5. The summed E-state index contributed by atoms with van der Waals surface area (Å²) < 4.78 is 5.91. The minimum absolute atomic E-state index is 0.663. The summed E-state index contributed by atoms with van der Waals surface area (Å²) in [6, 6.07) is 21.4. The maximum Gasteiger partial charge on any atom is 0.183 e. The first-order valence-electron chi connectivity index (χ1n) is 7.05. The summed E-state index contributed by atoms with van der Waals surface area (Å²) in [5.41, 5.74) is 1.92. The van der Waals surface area contributed by atoms with Crippen LogP contribution in [-0.2, 0) is 0 Å². The van der Waals surface area contributed by atoms with Crippen molar-refractivity contribution in [1.29, 1.82) is 0 Å². The van der Waals surface area contributed by atoms with Crippen LogP contribution in [0.25, 0.3) is 32.7 Å². The Bertz CT molecular complexity index is 946. The van der Waals surface area contributed by atoms with Gasteiger partial charge in [0.25, 0.3) is 0 Å². The Morgan fingerprint density at radius 2 is 1.43 bits per heavy atom. The number of hydrogen-bond donors (Lipinski definition) is 0. The lowest BCUT2D eigenvalue weighted by Gasteiger charge is -1.99. The quantitative estimate of drug-likeness (QED) is 0.475. The van der Waals surface area contributed by atoms with Crippen LogP contribution in [-0.4, -0.2) is 10.2 Å². The molecule has 0 bridgehead atoms. The SMILES string of the molecule is Clc1ccccc1-c1ccc(-c2nnc(-c3ccccc3)s2)o1. The Balaban J connectivity index is 1.68. The third-order valence-electron chi connectivity index (χ3n) is 3.40. The monoisotopic (exact) mass is 338 g/mol. The largest absolute Gasteiger partial charge is 0.453 e. The van der Waals surface area contributed by atoms with Crippen molar-refractivity contribution in [2.75, 3.05) is 0 Å². The summed E-state index contributed by atoms with van der Waals surface area (Å²) in [4.78, 5) is 0. The molecule has 0 aliphatic heterocycles. The molecule has 2 aromatic carbocycles. The minimum Gasteiger partial charge on any atom is -0.453 e. The highest BCUT2D eigenvalue weighted by molar-refractivity contribution is 7.17. The van der Waals surface area contributed by atoms with Gasteiger partial charge < -0.3 is 4.42 Å². The molecular formula is C18H11ClN2OS. The number of benzene rings is 2. The van der Waals surface area contributed by atoms with E-state index in [1.54, 1.807) is 0 Å². The average molecular weight is 339 g/mol. The maximum absolute atomic E-state index is 6.21. The van der Waals surface area contributed by atoms with Gasteiger partial charge in [-0.2, -0.15) is 0 Å². The van der Waals surface area contributed by atoms with Crippen LogP contribution in [0.1, 0.15) is 0 Å². The van der Waals surface area contributed by atoms with Crippen LogP contribution >= 0.6 is 22.9 Å². The van der Waals surface area contributed by atoms with E-state index in [1.165, 1.54) is 11.3 Å². The van der Waals surface area contributed by atoms with Crippen molar-refractivity contribution in [1.82, 2.24) is 10.2 Å². The molecule has 2 heterocycles. The van der Waals surface area contributed by atoms with Gasteiger partial charge in [0.2, 0.25) is 0 Å². The molecule has 0 aliphatic carbocycles. The van der Waals surface area contributed by atoms with Gasteiger partial charge in [0.15, 0.2) is 10.8 Å². The summed E-state index contributed by atoms with van der Waals surface area (Å²) in [6.07, 6.45) is 0. The van der Waals surface area contributed by atoms with Crippen molar-refractivity contribution < 1.29 is 4.42 Å². The second kappa shape index (κ2) is 5.99. The Labute approximate surface area is 142 Å². The number of hydrogen-bond acceptors (Lipinski definition) is 4. The number of aromatic nitrogens is 2. The van der Waals surface area contributed by atoms with Gasteiger partial charge in [0.1, 0.15) is 10.8 Å². The van der Waals surface area contributed by atoms with Crippen LogP contribution in [0.3, 0.4) is 0 Å². The predicted octanol–water partition coefficient (Wildman–Crippen LogP) is 5.79. The molecule has 0 radical (unpaired) electrons. The Kier molecular flexibility index (Phi) is 3.69. The van der Waals surface area contributed by atoms with E-state index in [0.717, 1.165) is 26.9 Å². The first kappa shape index (κ1) is 14.2. The fraction of sp³-hybridized carbons (Fsp3) is 0. The molecule has 0 aliphatic rings. The molecular weight excluding hydrogens is 328 g/mol. The second-order valence-electron chi connectivity index (χ2n) is 4.92. The number of furan rings is 1. The molecule has 0 saturated heterocycles. The van der Waals surface area contributed by atoms with E-state index in [0.29, 0.717) is 10.8 Å². The normalized spacial score (nSPS) is 10.8. The van der Waals surface area contributed by atoms with Crippen LogP contribution < -0.4 is 0 Å². The molecule has 112 valence electrons. The van der Waals surface area contributed by atoms with Gasteiger partial charge in [-0.3, -0.25) is 0 Å². The number of nitrogens with zero attached hydrogens (tertiary/aromatic N) is 2. The summed E-state index contributed by atoms with van der Waals surface area (Å²) >= 11 is 7.72. The van der Waals surface area contributed by atoms with Gasteiger partial charge in [0, 0.05) is 11.1 Å². The average Bonchev–Trinajstić information content (AvgIpc) is 3.25. The number of rotatable bonds is 3. The van der Waals surface area contributed by atoms with Gasteiger partial charge in [-0.15, -0.1) is 10.2 Å². The molecule has 0 atom stereocenters. The lowest BCUT2D eigenvalue weighted by molar-refractivity contribution is 0.596. The summed E-state index contributed by atoms with van der Waals surface area (Å²) in [5, 5.41) is 10.8. The molecule has 4 rings (SSSR count). The highest BCUT2D eigenvalue weighted by atomic mass is 35.5. The van der Waals surface area contributed by atoms with Crippen molar-refractivity contribution in [2.24, 2.45) is 0 Å². The van der Waals surface area contributed by atoms with E-state index in [1.807, 2.05) is 66.7 Å². The first-order chi connectivity index (χ1) is 11.3. The Hall–Kier alpha value is -2.43. The lowest BCUT2D eigenvalue weighted by Crippen LogP contribution is -1.76. The molecule has 0 N–H and O–H groups in total. The van der Waals surface area contributed by atoms with Crippen LogP contribution in [0, 0.1) is 0 Å². The summed E-state index contributed by atoms with van der Waals surface area (Å²) in [6.45, 7) is 0. The van der Waals surface area contributed by atoms with E-state index in [9.17, 15) is 0 Å². The van der Waals surface area contributed by atoms with Crippen molar-refractivity contribution in [3.8, 4) is 32.7 Å². The maximum atomic E-state index is 6.21. The molecule has 0 unspecified atom stereocenters. The van der Waals surface area contributed by atoms with E-state index < -0.39 is 0 Å². The second-order valence-corrected chi connectivity index (χ2v) is 6.31. The standard InChI is InChI=1S/C18H11ClN2OS/c19-14-9-5-4-8-13(14)15-10-11-16(22-15)18-21-20-17(23-18)12-6-2-1-3-7-12/h1-11H. The van der Waals surface area contributed by atoms with Crippen LogP contribution in [0.4, 0.5) is 0 Å². The minimum atomic E-state index is 0.663. The van der Waals surface area contributed by atoms with Crippen molar-refractivity contribution in [2.45, 2.75) is 0 Å². The van der Waals surface area contributed by atoms with Gasteiger partial charge in [0.05, 0.1) is 5.02 Å². The molecule has 23 heavy (non-hydrogen) atoms. The molecule has 2 aromatic heterocycles. The van der Waals surface area contributed by atoms with Gasteiger partial charge in [-0.05, 0) is 24.3 Å². The fourth-order valence-electron chi connectivity index (χ4n) is 2.28. The topological polar surface area (TPSA) is 38.9 Å². The van der Waals surface area contributed by atoms with Gasteiger partial charge in [-0.1, -0.05) is 65.4 Å². The molecule has 3 nitrogen and oxygen atoms in total. The zero-order chi connectivity index (χ0) is 15.6. The summed E-state index contributed by atoms with van der Waals surface area (Å²) in [5.74, 6) is 1.42. The van der Waals surface area contributed by atoms with Gasteiger partial charge in [-0.25, -0.2) is 0 Å². The molecule has 4 aromatic rings. The van der Waals surface area contributed by atoms with Crippen molar-refractivity contribution in [3.63, 3.8) is 0 Å². The Morgan fingerprint density at radius 3 is 2.26 bits per heavy atom. The van der Waals surface area contributed by atoms with Crippen LogP contribution in [0.5, 0.6) is 0 Å². The smallest absolute Gasteiger partial charge is 0.183 e. The number of halogens is 1.